The average Bonchev–Trinajstić information content (AvgIpc) is 2.52. The molecule has 0 radical (unpaired) electrons. The van der Waals surface area contributed by atoms with Crippen molar-refractivity contribution >= 4 is 5.91 Å². The second-order valence-corrected chi connectivity index (χ2v) is 4.78. The number of phenolic OH excluding ortho intramolecular Hbond substituents is 1. The molecule has 1 aromatic heterocycles. The lowest BCUT2D eigenvalue weighted by atomic mass is 10.1. The van der Waals surface area contributed by atoms with Gasteiger partial charge in [0.1, 0.15) is 5.75 Å². The van der Waals surface area contributed by atoms with Gasteiger partial charge >= 0.3 is 0 Å². The van der Waals surface area contributed by atoms with E-state index in [1.807, 2.05) is 12.1 Å². The Morgan fingerprint density at radius 1 is 1.24 bits per heavy atom. The van der Waals surface area contributed by atoms with Crippen molar-refractivity contribution in [3.8, 4) is 5.75 Å². The fourth-order valence-electron chi connectivity index (χ4n) is 2.03. The Balaban J connectivity index is 2.14. The molecule has 0 saturated carbocycles. The largest absolute Gasteiger partial charge is 0.508 e. The smallest absolute Gasteiger partial charge is 0.254 e. The highest BCUT2D eigenvalue weighted by molar-refractivity contribution is 5.94. The summed E-state index contributed by atoms with van der Waals surface area (Å²) in [5, 5.41) is 9.30. The topological polar surface area (TPSA) is 79.5 Å². The molecule has 21 heavy (non-hydrogen) atoms. The number of nitrogens with zero attached hydrogens (tertiary/aromatic N) is 2. The number of amides is 1. The van der Waals surface area contributed by atoms with E-state index in [9.17, 15) is 9.90 Å². The molecule has 5 nitrogen and oxygen atoms in total. The highest BCUT2D eigenvalue weighted by Gasteiger charge is 2.15. The molecule has 0 aliphatic rings. The van der Waals surface area contributed by atoms with Gasteiger partial charge in [-0.3, -0.25) is 9.78 Å². The van der Waals surface area contributed by atoms with Crippen LogP contribution < -0.4 is 5.73 Å². The van der Waals surface area contributed by atoms with E-state index < -0.39 is 0 Å². The number of nitrogens with two attached hydrogens (primary N) is 1. The zero-order chi connectivity index (χ0) is 15.1. The average molecular weight is 285 g/mol. The first kappa shape index (κ1) is 15.0. The third kappa shape index (κ3) is 4.29. The van der Waals surface area contributed by atoms with Crippen molar-refractivity contribution in [3.63, 3.8) is 0 Å². The molecule has 0 atom stereocenters. The summed E-state index contributed by atoms with van der Waals surface area (Å²) in [6.07, 6.45) is 4.19. The SMILES string of the molecule is NCCCN(Cc1cccnc1)C(=O)c1ccc(O)cc1. The molecule has 5 heteroatoms. The normalized spacial score (nSPS) is 10.3. The molecule has 0 bridgehead atoms. The fourth-order valence-corrected chi connectivity index (χ4v) is 2.03. The lowest BCUT2D eigenvalue weighted by Gasteiger charge is -2.22. The minimum absolute atomic E-state index is 0.0766. The summed E-state index contributed by atoms with van der Waals surface area (Å²) in [7, 11) is 0. The van der Waals surface area contributed by atoms with Gasteiger partial charge in [-0.05, 0) is 48.9 Å². The number of carbonyl (C=O) groups excluding carboxylic acids is 1. The molecule has 1 amide bonds. The second-order valence-electron chi connectivity index (χ2n) is 4.78. The number of aromatic nitrogens is 1. The van der Waals surface area contributed by atoms with E-state index in [-0.39, 0.29) is 11.7 Å². The van der Waals surface area contributed by atoms with Crippen LogP contribution in [0.25, 0.3) is 0 Å². The number of carbonyl (C=O) groups is 1. The minimum Gasteiger partial charge on any atom is -0.508 e. The third-order valence-corrected chi connectivity index (χ3v) is 3.13. The number of rotatable bonds is 6. The lowest BCUT2D eigenvalue weighted by Crippen LogP contribution is -2.32. The van der Waals surface area contributed by atoms with Crippen LogP contribution in [-0.4, -0.2) is 34.0 Å². The molecule has 0 spiro atoms. The van der Waals surface area contributed by atoms with Gasteiger partial charge in [-0.15, -0.1) is 0 Å². The number of benzene rings is 1. The quantitative estimate of drug-likeness (QED) is 0.848. The van der Waals surface area contributed by atoms with Crippen LogP contribution in [0.2, 0.25) is 0 Å². The highest BCUT2D eigenvalue weighted by Crippen LogP contribution is 2.14. The van der Waals surface area contributed by atoms with Crippen molar-refractivity contribution in [2.75, 3.05) is 13.1 Å². The third-order valence-electron chi connectivity index (χ3n) is 3.13. The number of hydrogen-bond acceptors (Lipinski definition) is 4. The molecular formula is C16H19N3O2. The first-order valence-electron chi connectivity index (χ1n) is 6.88. The number of pyridine rings is 1. The minimum atomic E-state index is -0.0766. The van der Waals surface area contributed by atoms with E-state index in [0.717, 1.165) is 12.0 Å². The Hall–Kier alpha value is -2.40. The summed E-state index contributed by atoms with van der Waals surface area (Å²) in [5.74, 6) is 0.0691. The van der Waals surface area contributed by atoms with Crippen LogP contribution in [-0.2, 0) is 6.54 Å². The van der Waals surface area contributed by atoms with Crippen molar-refractivity contribution in [2.24, 2.45) is 5.73 Å². The van der Waals surface area contributed by atoms with Crippen molar-refractivity contribution in [2.45, 2.75) is 13.0 Å². The van der Waals surface area contributed by atoms with Crippen LogP contribution in [0.4, 0.5) is 0 Å². The number of hydrogen-bond donors (Lipinski definition) is 2. The van der Waals surface area contributed by atoms with Crippen LogP contribution >= 0.6 is 0 Å². The molecule has 3 N–H and O–H groups in total. The summed E-state index contributed by atoms with van der Waals surface area (Å²) in [4.78, 5) is 18.4. The molecule has 2 rings (SSSR count). The second kappa shape index (κ2) is 7.40. The predicted molar refractivity (Wildman–Crippen MR) is 80.8 cm³/mol. The molecule has 0 aliphatic heterocycles. The van der Waals surface area contributed by atoms with E-state index in [1.165, 1.54) is 12.1 Å². The molecule has 0 aliphatic carbocycles. The predicted octanol–water partition coefficient (Wildman–Crippen LogP) is 1.78. The Morgan fingerprint density at radius 2 is 2.00 bits per heavy atom. The van der Waals surface area contributed by atoms with Gasteiger partial charge in [0.05, 0.1) is 0 Å². The molecule has 1 heterocycles. The maximum atomic E-state index is 12.5. The van der Waals surface area contributed by atoms with Gasteiger partial charge in [-0.1, -0.05) is 6.07 Å². The van der Waals surface area contributed by atoms with Crippen molar-refractivity contribution in [1.82, 2.24) is 9.88 Å². The maximum absolute atomic E-state index is 12.5. The van der Waals surface area contributed by atoms with E-state index in [4.69, 9.17) is 5.73 Å². The van der Waals surface area contributed by atoms with E-state index in [1.54, 1.807) is 29.4 Å². The highest BCUT2D eigenvalue weighted by atomic mass is 16.3. The van der Waals surface area contributed by atoms with E-state index >= 15 is 0 Å². The summed E-state index contributed by atoms with van der Waals surface area (Å²) in [5.41, 5.74) is 7.07. The Bertz CT molecular complexity index is 570. The first-order chi connectivity index (χ1) is 10.2. The van der Waals surface area contributed by atoms with Gasteiger partial charge in [0.15, 0.2) is 0 Å². The standard InChI is InChI=1S/C16H19N3O2/c17-8-2-10-19(12-13-3-1-9-18-11-13)16(21)14-4-6-15(20)7-5-14/h1,3-7,9,11,20H,2,8,10,12,17H2. The van der Waals surface area contributed by atoms with Gasteiger partial charge in [0, 0.05) is 31.0 Å². The summed E-state index contributed by atoms with van der Waals surface area (Å²) in [6, 6.07) is 10.1. The molecule has 1 aromatic carbocycles. The number of phenols is 1. The summed E-state index contributed by atoms with van der Waals surface area (Å²) in [6.45, 7) is 1.62. The molecule has 0 unspecified atom stereocenters. The molecule has 2 aromatic rings. The van der Waals surface area contributed by atoms with Crippen LogP contribution in [0.1, 0.15) is 22.3 Å². The zero-order valence-electron chi connectivity index (χ0n) is 11.8. The van der Waals surface area contributed by atoms with Gasteiger partial charge in [-0.2, -0.15) is 0 Å². The van der Waals surface area contributed by atoms with Gasteiger partial charge < -0.3 is 15.7 Å². The lowest BCUT2D eigenvalue weighted by molar-refractivity contribution is 0.0742. The van der Waals surface area contributed by atoms with E-state index in [0.29, 0.717) is 25.2 Å². The zero-order valence-corrected chi connectivity index (χ0v) is 11.8. The van der Waals surface area contributed by atoms with Gasteiger partial charge in [0.25, 0.3) is 5.91 Å². The van der Waals surface area contributed by atoms with Crippen LogP contribution in [0.15, 0.2) is 48.8 Å². The first-order valence-corrected chi connectivity index (χ1v) is 6.88. The molecule has 0 fully saturated rings. The fraction of sp³-hybridized carbons (Fsp3) is 0.250. The Kier molecular flexibility index (Phi) is 5.29. The molecule has 0 saturated heterocycles. The van der Waals surface area contributed by atoms with Gasteiger partial charge in [-0.25, -0.2) is 0 Å². The van der Waals surface area contributed by atoms with Crippen molar-refractivity contribution in [3.05, 3.63) is 59.9 Å². The Morgan fingerprint density at radius 3 is 2.62 bits per heavy atom. The molecule has 110 valence electrons. The molecular weight excluding hydrogens is 266 g/mol. The van der Waals surface area contributed by atoms with Crippen LogP contribution in [0.3, 0.4) is 0 Å². The summed E-state index contributed by atoms with van der Waals surface area (Å²) >= 11 is 0. The maximum Gasteiger partial charge on any atom is 0.254 e. The van der Waals surface area contributed by atoms with Gasteiger partial charge in [0.2, 0.25) is 0 Å². The van der Waals surface area contributed by atoms with Crippen molar-refractivity contribution in [1.29, 1.82) is 0 Å². The Labute approximate surface area is 124 Å². The van der Waals surface area contributed by atoms with Crippen molar-refractivity contribution < 1.29 is 9.90 Å². The monoisotopic (exact) mass is 285 g/mol. The van der Waals surface area contributed by atoms with E-state index in [2.05, 4.69) is 4.98 Å². The van der Waals surface area contributed by atoms with Crippen LogP contribution in [0.5, 0.6) is 5.75 Å². The number of aromatic hydroxyl groups is 1. The van der Waals surface area contributed by atoms with Crippen LogP contribution in [0, 0.1) is 0 Å². The summed E-state index contributed by atoms with van der Waals surface area (Å²) < 4.78 is 0.